The molecule has 0 aliphatic rings. The predicted octanol–water partition coefficient (Wildman–Crippen LogP) is 4.51. The minimum atomic E-state index is -0.142. The smallest absolute Gasteiger partial charge is 0.255 e. The summed E-state index contributed by atoms with van der Waals surface area (Å²) < 4.78 is 1.83. The van der Waals surface area contributed by atoms with Gasteiger partial charge in [-0.05, 0) is 55.5 Å². The van der Waals surface area contributed by atoms with Crippen molar-refractivity contribution in [3.05, 3.63) is 89.7 Å². The number of fused-ring (bicyclic) bond motifs is 1. The number of hydrogen-bond donors (Lipinski definition) is 2. The molecule has 0 atom stereocenters. The highest BCUT2D eigenvalue weighted by molar-refractivity contribution is 6.04. The summed E-state index contributed by atoms with van der Waals surface area (Å²) in [6.07, 6.45) is 1.69. The molecule has 0 saturated heterocycles. The number of pyridine rings is 1. The van der Waals surface area contributed by atoms with Crippen molar-refractivity contribution >= 4 is 28.7 Å². The first-order chi connectivity index (χ1) is 13.6. The number of rotatable bonds is 4. The highest BCUT2D eigenvalue weighted by Gasteiger charge is 2.07. The Kier molecular flexibility index (Phi) is 4.48. The molecule has 6 nitrogen and oxygen atoms in total. The fourth-order valence-electron chi connectivity index (χ4n) is 2.94. The summed E-state index contributed by atoms with van der Waals surface area (Å²) in [4.78, 5) is 16.6. The first kappa shape index (κ1) is 17.3. The Labute approximate surface area is 162 Å². The lowest BCUT2D eigenvalue weighted by atomic mass is 10.1. The van der Waals surface area contributed by atoms with Gasteiger partial charge in [0, 0.05) is 23.1 Å². The Bertz CT molecular complexity index is 1200. The summed E-state index contributed by atoms with van der Waals surface area (Å²) in [7, 11) is 0. The number of nitrogens with one attached hydrogen (secondary N) is 2. The van der Waals surface area contributed by atoms with Crippen LogP contribution >= 0.6 is 0 Å². The van der Waals surface area contributed by atoms with E-state index in [0.717, 1.165) is 17.1 Å². The zero-order valence-corrected chi connectivity index (χ0v) is 15.2. The third-order valence-electron chi connectivity index (χ3n) is 4.30. The molecule has 2 aromatic carbocycles. The number of anilines is 3. The second kappa shape index (κ2) is 7.25. The van der Waals surface area contributed by atoms with E-state index >= 15 is 0 Å². The van der Waals surface area contributed by atoms with Gasteiger partial charge in [-0.1, -0.05) is 23.8 Å². The zero-order valence-electron chi connectivity index (χ0n) is 15.2. The molecule has 0 radical (unpaired) electrons. The minimum Gasteiger partial charge on any atom is -0.341 e. The molecule has 28 heavy (non-hydrogen) atoms. The van der Waals surface area contributed by atoms with Crippen molar-refractivity contribution in [3.8, 4) is 6.07 Å². The Morgan fingerprint density at radius 3 is 2.54 bits per heavy atom. The van der Waals surface area contributed by atoms with Gasteiger partial charge < -0.3 is 10.6 Å². The van der Waals surface area contributed by atoms with Gasteiger partial charge in [-0.2, -0.15) is 5.26 Å². The molecule has 2 N–H and O–H groups in total. The third kappa shape index (κ3) is 3.55. The first-order valence-corrected chi connectivity index (χ1v) is 8.76. The molecule has 4 aromatic rings. The van der Waals surface area contributed by atoms with Crippen molar-refractivity contribution in [2.75, 3.05) is 10.6 Å². The molecule has 0 spiro atoms. The number of nitrogens with zero attached hydrogens (tertiary/aromatic N) is 3. The number of aryl methyl sites for hydroxylation is 1. The SMILES string of the molecule is Cc1cccc(C(=O)Nc2ccc(Nc3cccc4nc(C#N)cn34)cc2)c1. The lowest BCUT2D eigenvalue weighted by Crippen LogP contribution is -2.11. The van der Waals surface area contributed by atoms with E-state index in [1.54, 1.807) is 12.3 Å². The van der Waals surface area contributed by atoms with Gasteiger partial charge in [-0.25, -0.2) is 4.98 Å². The van der Waals surface area contributed by atoms with Gasteiger partial charge in [0.2, 0.25) is 0 Å². The summed E-state index contributed by atoms with van der Waals surface area (Å²) in [5.41, 5.74) is 4.30. The summed E-state index contributed by atoms with van der Waals surface area (Å²) in [5, 5.41) is 15.2. The van der Waals surface area contributed by atoms with Crippen LogP contribution in [0.2, 0.25) is 0 Å². The van der Waals surface area contributed by atoms with E-state index in [4.69, 9.17) is 5.26 Å². The predicted molar refractivity (Wildman–Crippen MR) is 109 cm³/mol. The highest BCUT2D eigenvalue weighted by Crippen LogP contribution is 2.21. The number of carbonyl (C=O) groups is 1. The standard InChI is InChI=1S/C22H17N5O/c1-15-4-2-5-16(12-15)22(28)26-18-10-8-17(9-11-18)24-20-6-3-7-21-25-19(13-23)14-27(20)21/h2-12,14,24H,1H3,(H,26,28). The number of amides is 1. The Balaban J connectivity index is 1.50. The van der Waals surface area contributed by atoms with Gasteiger partial charge in [0.25, 0.3) is 5.91 Å². The molecule has 0 saturated carbocycles. The Morgan fingerprint density at radius 2 is 1.79 bits per heavy atom. The summed E-state index contributed by atoms with van der Waals surface area (Å²) in [5.74, 6) is 0.652. The molecule has 2 heterocycles. The van der Waals surface area contributed by atoms with E-state index in [9.17, 15) is 4.79 Å². The second-order valence-corrected chi connectivity index (χ2v) is 6.40. The Morgan fingerprint density at radius 1 is 1.04 bits per heavy atom. The monoisotopic (exact) mass is 367 g/mol. The number of benzene rings is 2. The number of nitriles is 1. The van der Waals surface area contributed by atoms with Crippen LogP contribution in [0.4, 0.5) is 17.2 Å². The molecule has 0 bridgehead atoms. The summed E-state index contributed by atoms with van der Waals surface area (Å²) in [6, 6.07) is 22.6. The number of hydrogen-bond acceptors (Lipinski definition) is 4. The van der Waals surface area contributed by atoms with E-state index in [-0.39, 0.29) is 5.91 Å². The first-order valence-electron chi connectivity index (χ1n) is 8.76. The van der Waals surface area contributed by atoms with E-state index < -0.39 is 0 Å². The lowest BCUT2D eigenvalue weighted by Gasteiger charge is -2.10. The second-order valence-electron chi connectivity index (χ2n) is 6.40. The van der Waals surface area contributed by atoms with Crippen molar-refractivity contribution in [3.63, 3.8) is 0 Å². The molecule has 0 aliphatic carbocycles. The van der Waals surface area contributed by atoms with Crippen molar-refractivity contribution < 1.29 is 4.79 Å². The fraction of sp³-hybridized carbons (Fsp3) is 0.0455. The largest absolute Gasteiger partial charge is 0.341 e. The molecule has 0 fully saturated rings. The lowest BCUT2D eigenvalue weighted by molar-refractivity contribution is 0.102. The number of carbonyl (C=O) groups excluding carboxylic acids is 1. The molecule has 6 heteroatoms. The van der Waals surface area contributed by atoms with Crippen LogP contribution < -0.4 is 10.6 Å². The zero-order chi connectivity index (χ0) is 19.5. The molecule has 0 aliphatic heterocycles. The molecule has 0 unspecified atom stereocenters. The maximum absolute atomic E-state index is 12.4. The van der Waals surface area contributed by atoms with Gasteiger partial charge in [0.1, 0.15) is 17.5 Å². The molecular formula is C22H17N5O. The maximum atomic E-state index is 12.4. The van der Waals surface area contributed by atoms with Crippen LogP contribution in [-0.2, 0) is 0 Å². The topological polar surface area (TPSA) is 82.2 Å². The van der Waals surface area contributed by atoms with E-state index in [1.807, 2.05) is 72.0 Å². The van der Waals surface area contributed by atoms with Gasteiger partial charge >= 0.3 is 0 Å². The van der Waals surface area contributed by atoms with Gasteiger partial charge in [-0.15, -0.1) is 0 Å². The molecular weight excluding hydrogens is 350 g/mol. The average molecular weight is 367 g/mol. The van der Waals surface area contributed by atoms with Gasteiger partial charge in [0.05, 0.1) is 0 Å². The Hall–Kier alpha value is -4.11. The summed E-state index contributed by atoms with van der Waals surface area (Å²) >= 11 is 0. The quantitative estimate of drug-likeness (QED) is 0.556. The van der Waals surface area contributed by atoms with E-state index in [2.05, 4.69) is 21.7 Å². The summed E-state index contributed by atoms with van der Waals surface area (Å²) in [6.45, 7) is 1.96. The van der Waals surface area contributed by atoms with Gasteiger partial charge in [-0.3, -0.25) is 9.20 Å². The van der Waals surface area contributed by atoms with Crippen LogP contribution in [-0.4, -0.2) is 15.3 Å². The highest BCUT2D eigenvalue weighted by atomic mass is 16.1. The normalized spacial score (nSPS) is 10.4. The van der Waals surface area contributed by atoms with Crippen molar-refractivity contribution in [1.29, 1.82) is 5.26 Å². The van der Waals surface area contributed by atoms with Crippen LogP contribution in [0.1, 0.15) is 21.6 Å². The van der Waals surface area contributed by atoms with Gasteiger partial charge in [0.15, 0.2) is 5.69 Å². The van der Waals surface area contributed by atoms with Crippen LogP contribution in [0, 0.1) is 18.3 Å². The average Bonchev–Trinajstić information content (AvgIpc) is 3.14. The molecule has 1 amide bonds. The maximum Gasteiger partial charge on any atom is 0.255 e. The van der Waals surface area contributed by atoms with Crippen LogP contribution in [0.15, 0.2) is 72.9 Å². The van der Waals surface area contributed by atoms with E-state index in [1.165, 1.54) is 0 Å². The number of imidazole rings is 1. The molecule has 2 aromatic heterocycles. The van der Waals surface area contributed by atoms with Crippen LogP contribution in [0.3, 0.4) is 0 Å². The minimum absolute atomic E-state index is 0.142. The van der Waals surface area contributed by atoms with Crippen LogP contribution in [0.25, 0.3) is 5.65 Å². The molecule has 136 valence electrons. The number of aromatic nitrogens is 2. The van der Waals surface area contributed by atoms with Crippen molar-refractivity contribution in [1.82, 2.24) is 9.38 Å². The van der Waals surface area contributed by atoms with E-state index in [0.29, 0.717) is 22.6 Å². The van der Waals surface area contributed by atoms with Crippen molar-refractivity contribution in [2.24, 2.45) is 0 Å². The molecule has 4 rings (SSSR count). The van der Waals surface area contributed by atoms with Crippen LogP contribution in [0.5, 0.6) is 0 Å². The van der Waals surface area contributed by atoms with Crippen molar-refractivity contribution in [2.45, 2.75) is 6.92 Å². The third-order valence-corrected chi connectivity index (χ3v) is 4.30. The fourth-order valence-corrected chi connectivity index (χ4v) is 2.94.